The highest BCUT2D eigenvalue weighted by Gasteiger charge is 2.40. The van der Waals surface area contributed by atoms with Gasteiger partial charge in [0.1, 0.15) is 23.4 Å². The van der Waals surface area contributed by atoms with Crippen LogP contribution < -0.4 is 14.8 Å². The van der Waals surface area contributed by atoms with Gasteiger partial charge in [0, 0.05) is 6.54 Å². The summed E-state index contributed by atoms with van der Waals surface area (Å²) in [5.41, 5.74) is 0.464. The maximum Gasteiger partial charge on any atom is 0.322 e. The first-order chi connectivity index (χ1) is 15.8. The fourth-order valence-corrected chi connectivity index (χ4v) is 5.24. The minimum absolute atomic E-state index is 0.0864. The highest BCUT2D eigenvalue weighted by Crippen LogP contribution is 2.33. The zero-order valence-corrected chi connectivity index (χ0v) is 18.6. The van der Waals surface area contributed by atoms with Crippen molar-refractivity contribution in [3.63, 3.8) is 0 Å². The topological polar surface area (TPSA) is 124 Å². The van der Waals surface area contributed by atoms with E-state index in [1.807, 2.05) is 0 Å². The molecule has 0 spiro atoms. The fraction of sp³-hybridized carbons (Fsp3) is 0.286. The molecule has 1 unspecified atom stereocenters. The minimum Gasteiger partial charge on any atom is -0.497 e. The predicted molar refractivity (Wildman–Crippen MR) is 115 cm³/mol. The molecule has 2 aromatic carbocycles. The van der Waals surface area contributed by atoms with Gasteiger partial charge in [-0.2, -0.15) is 4.31 Å². The van der Waals surface area contributed by atoms with Crippen molar-refractivity contribution < 1.29 is 31.5 Å². The molecule has 3 aromatic rings. The van der Waals surface area contributed by atoms with Gasteiger partial charge >= 0.3 is 6.01 Å². The Kier molecular flexibility index (Phi) is 6.29. The molecule has 1 saturated heterocycles. The van der Waals surface area contributed by atoms with Crippen LogP contribution in [0.5, 0.6) is 11.5 Å². The lowest BCUT2D eigenvalue weighted by Crippen LogP contribution is -2.43. The number of nitrogens with one attached hydrogen (secondary N) is 1. The summed E-state index contributed by atoms with van der Waals surface area (Å²) < 4.78 is 56.3. The van der Waals surface area contributed by atoms with Crippen LogP contribution >= 0.6 is 0 Å². The third-order valence-electron chi connectivity index (χ3n) is 5.22. The number of halogens is 1. The Hall–Kier alpha value is -3.51. The van der Waals surface area contributed by atoms with E-state index < -0.39 is 27.8 Å². The van der Waals surface area contributed by atoms with Crippen LogP contribution in [0, 0.1) is 5.82 Å². The molecule has 1 fully saturated rings. The molecule has 1 atom stereocenters. The summed E-state index contributed by atoms with van der Waals surface area (Å²) in [5.74, 6) is -0.0642. The van der Waals surface area contributed by atoms with E-state index in [1.54, 1.807) is 18.2 Å². The molecule has 1 aliphatic rings. The van der Waals surface area contributed by atoms with E-state index in [9.17, 15) is 17.6 Å². The average molecular weight is 476 g/mol. The summed E-state index contributed by atoms with van der Waals surface area (Å²) >= 11 is 0. The Balaban J connectivity index is 1.53. The number of benzene rings is 2. The lowest BCUT2D eigenvalue weighted by atomic mass is 10.2. The van der Waals surface area contributed by atoms with E-state index in [0.29, 0.717) is 29.9 Å². The molecule has 1 N–H and O–H groups in total. The number of nitrogens with zero attached hydrogens (tertiary/aromatic N) is 3. The van der Waals surface area contributed by atoms with Crippen LogP contribution in [0.1, 0.15) is 12.8 Å². The van der Waals surface area contributed by atoms with Crippen molar-refractivity contribution in [1.82, 2.24) is 14.5 Å². The van der Waals surface area contributed by atoms with Gasteiger partial charge in [0.25, 0.3) is 5.89 Å². The SMILES string of the molecule is COc1ccc(OC)c(-c2nnc(NC(=O)C3CCCN3S(=O)(=O)c3ccc(F)cc3)o2)c1. The van der Waals surface area contributed by atoms with E-state index in [0.717, 1.165) is 16.4 Å². The molecule has 1 aliphatic heterocycles. The van der Waals surface area contributed by atoms with Gasteiger partial charge in [0.2, 0.25) is 15.9 Å². The van der Waals surface area contributed by atoms with E-state index in [1.165, 1.54) is 26.4 Å². The minimum atomic E-state index is -3.99. The Morgan fingerprint density at radius 2 is 1.91 bits per heavy atom. The average Bonchev–Trinajstić information content (AvgIpc) is 3.49. The van der Waals surface area contributed by atoms with Crippen LogP contribution in [0.3, 0.4) is 0 Å². The molecule has 1 amide bonds. The van der Waals surface area contributed by atoms with Gasteiger partial charge in [0.15, 0.2) is 0 Å². The standard InChI is InChI=1S/C21H21FN4O6S/c1-30-14-7-10-18(31-2)16(12-14)20-24-25-21(32-20)23-19(27)17-4-3-11-26(17)33(28,29)15-8-5-13(22)6-9-15/h5-10,12,17H,3-4,11H2,1-2H3,(H,23,25,27). The Morgan fingerprint density at radius 1 is 1.15 bits per heavy atom. The van der Waals surface area contributed by atoms with E-state index in [-0.39, 0.29) is 23.3 Å². The molecule has 1 aromatic heterocycles. The number of ether oxygens (including phenoxy) is 2. The van der Waals surface area contributed by atoms with Crippen LogP contribution in [0.25, 0.3) is 11.5 Å². The summed E-state index contributed by atoms with van der Waals surface area (Å²) in [7, 11) is -0.989. The van der Waals surface area contributed by atoms with Crippen molar-refractivity contribution in [2.75, 3.05) is 26.1 Å². The Bertz CT molecular complexity index is 1260. The number of aromatic nitrogens is 2. The van der Waals surface area contributed by atoms with Crippen LogP contribution in [0.15, 0.2) is 51.8 Å². The fourth-order valence-electron chi connectivity index (χ4n) is 3.58. The summed E-state index contributed by atoms with van der Waals surface area (Å²) in [6.07, 6.45) is 0.811. The van der Waals surface area contributed by atoms with Crippen molar-refractivity contribution in [3.8, 4) is 23.0 Å². The first-order valence-electron chi connectivity index (χ1n) is 9.97. The maximum absolute atomic E-state index is 13.2. The predicted octanol–water partition coefficient (Wildman–Crippen LogP) is 2.68. The van der Waals surface area contributed by atoms with Gasteiger partial charge < -0.3 is 13.9 Å². The summed E-state index contributed by atoms with van der Waals surface area (Å²) in [4.78, 5) is 12.8. The van der Waals surface area contributed by atoms with Crippen LogP contribution in [-0.2, 0) is 14.8 Å². The van der Waals surface area contributed by atoms with E-state index in [4.69, 9.17) is 13.9 Å². The lowest BCUT2D eigenvalue weighted by Gasteiger charge is -2.22. The van der Waals surface area contributed by atoms with Crippen molar-refractivity contribution in [1.29, 1.82) is 0 Å². The van der Waals surface area contributed by atoms with E-state index in [2.05, 4.69) is 15.5 Å². The quantitative estimate of drug-likeness (QED) is 0.552. The van der Waals surface area contributed by atoms with Gasteiger partial charge in [0.05, 0.1) is 24.7 Å². The second-order valence-electron chi connectivity index (χ2n) is 7.20. The first kappa shape index (κ1) is 22.7. The number of hydrogen-bond donors (Lipinski definition) is 1. The second-order valence-corrected chi connectivity index (χ2v) is 9.09. The van der Waals surface area contributed by atoms with Crippen LogP contribution in [0.2, 0.25) is 0 Å². The highest BCUT2D eigenvalue weighted by atomic mass is 32.2. The zero-order valence-electron chi connectivity index (χ0n) is 17.8. The number of carbonyl (C=O) groups is 1. The number of anilines is 1. The van der Waals surface area contributed by atoms with Gasteiger partial charge in [-0.1, -0.05) is 5.10 Å². The summed E-state index contributed by atoms with van der Waals surface area (Å²) in [6, 6.07) is 8.33. The zero-order chi connectivity index (χ0) is 23.6. The summed E-state index contributed by atoms with van der Waals surface area (Å²) in [6.45, 7) is 0.161. The molecular formula is C21H21FN4O6S. The lowest BCUT2D eigenvalue weighted by molar-refractivity contribution is -0.119. The Labute approximate surface area is 189 Å². The molecular weight excluding hydrogens is 455 g/mol. The molecule has 12 heteroatoms. The monoisotopic (exact) mass is 476 g/mol. The van der Waals surface area contributed by atoms with Crippen molar-refractivity contribution in [2.24, 2.45) is 0 Å². The molecule has 2 heterocycles. The maximum atomic E-state index is 13.2. The molecule has 33 heavy (non-hydrogen) atoms. The van der Waals surface area contributed by atoms with Gasteiger partial charge in [-0.15, -0.1) is 5.10 Å². The molecule has 0 aliphatic carbocycles. The molecule has 0 radical (unpaired) electrons. The molecule has 10 nitrogen and oxygen atoms in total. The largest absolute Gasteiger partial charge is 0.497 e. The number of carbonyl (C=O) groups excluding carboxylic acids is 1. The first-order valence-corrected chi connectivity index (χ1v) is 11.4. The van der Waals surface area contributed by atoms with Crippen LogP contribution in [0.4, 0.5) is 10.4 Å². The molecule has 0 bridgehead atoms. The molecule has 174 valence electrons. The van der Waals surface area contributed by atoms with Crippen molar-refractivity contribution >= 4 is 21.9 Å². The smallest absolute Gasteiger partial charge is 0.322 e. The van der Waals surface area contributed by atoms with Crippen molar-refractivity contribution in [3.05, 3.63) is 48.3 Å². The van der Waals surface area contributed by atoms with Gasteiger partial charge in [-0.25, -0.2) is 12.8 Å². The molecule has 0 saturated carbocycles. The van der Waals surface area contributed by atoms with E-state index >= 15 is 0 Å². The number of sulfonamides is 1. The summed E-state index contributed by atoms with van der Waals surface area (Å²) in [5, 5.41) is 10.3. The number of hydrogen-bond acceptors (Lipinski definition) is 8. The van der Waals surface area contributed by atoms with Gasteiger partial charge in [-0.3, -0.25) is 10.1 Å². The number of amides is 1. The highest BCUT2D eigenvalue weighted by molar-refractivity contribution is 7.89. The Morgan fingerprint density at radius 3 is 2.61 bits per heavy atom. The van der Waals surface area contributed by atoms with Crippen LogP contribution in [-0.4, -0.2) is 55.6 Å². The third kappa shape index (κ3) is 4.52. The number of methoxy groups -OCH3 is 2. The van der Waals surface area contributed by atoms with Gasteiger partial charge in [-0.05, 0) is 55.3 Å². The van der Waals surface area contributed by atoms with Crippen molar-refractivity contribution in [2.45, 2.75) is 23.8 Å². The second kappa shape index (κ2) is 9.16. The normalized spacial score (nSPS) is 16.5. The third-order valence-corrected chi connectivity index (χ3v) is 7.14. The molecule has 4 rings (SSSR count). The number of rotatable bonds is 7.